The Kier molecular flexibility index (Phi) is 7.68. The van der Waals surface area contributed by atoms with Gasteiger partial charge in [0.2, 0.25) is 5.91 Å². The summed E-state index contributed by atoms with van der Waals surface area (Å²) in [7, 11) is 1.60. The Morgan fingerprint density at radius 2 is 1.76 bits per heavy atom. The molecular formula is C30H33N3O4. The van der Waals surface area contributed by atoms with E-state index in [1.807, 2.05) is 65.6 Å². The van der Waals surface area contributed by atoms with Gasteiger partial charge in [0, 0.05) is 30.5 Å². The Labute approximate surface area is 217 Å². The fraction of sp³-hybridized carbons (Fsp3) is 0.367. The van der Waals surface area contributed by atoms with Gasteiger partial charge in [-0.25, -0.2) is 0 Å². The van der Waals surface area contributed by atoms with Crippen molar-refractivity contribution in [1.82, 2.24) is 15.2 Å². The maximum absolute atomic E-state index is 13.5. The molecule has 2 aliphatic rings. The normalized spacial score (nSPS) is 20.7. The van der Waals surface area contributed by atoms with Crippen LogP contribution < -0.4 is 14.8 Å². The van der Waals surface area contributed by atoms with Gasteiger partial charge in [0.25, 0.3) is 5.91 Å². The van der Waals surface area contributed by atoms with E-state index in [2.05, 4.69) is 10.3 Å². The van der Waals surface area contributed by atoms with E-state index in [9.17, 15) is 9.59 Å². The molecule has 37 heavy (non-hydrogen) atoms. The first-order valence-electron chi connectivity index (χ1n) is 13.0. The van der Waals surface area contributed by atoms with Crippen LogP contribution in [0.1, 0.15) is 53.6 Å². The summed E-state index contributed by atoms with van der Waals surface area (Å²) in [4.78, 5) is 32.8. The molecule has 3 unspecified atom stereocenters. The molecule has 0 spiro atoms. The predicted octanol–water partition coefficient (Wildman–Crippen LogP) is 4.76. The number of aromatic nitrogens is 1. The Hall–Kier alpha value is -3.87. The third-order valence-corrected chi connectivity index (χ3v) is 7.48. The number of hydrogen-bond acceptors (Lipinski definition) is 5. The van der Waals surface area contributed by atoms with E-state index in [0.29, 0.717) is 36.1 Å². The van der Waals surface area contributed by atoms with Crippen molar-refractivity contribution >= 4 is 11.8 Å². The van der Waals surface area contributed by atoms with Gasteiger partial charge in [-0.3, -0.25) is 14.6 Å². The first kappa shape index (κ1) is 24.8. The second kappa shape index (κ2) is 11.5. The number of hydrogen-bond donors (Lipinski definition) is 1. The molecule has 2 fully saturated rings. The highest BCUT2D eigenvalue weighted by Gasteiger charge is 2.47. The average Bonchev–Trinajstić information content (AvgIpc) is 3.35. The fourth-order valence-corrected chi connectivity index (χ4v) is 5.60. The van der Waals surface area contributed by atoms with Gasteiger partial charge in [0.1, 0.15) is 12.6 Å². The first-order valence-corrected chi connectivity index (χ1v) is 13.0. The maximum Gasteiger partial charge on any atom is 0.254 e. The van der Waals surface area contributed by atoms with Gasteiger partial charge >= 0.3 is 0 Å². The van der Waals surface area contributed by atoms with Crippen LogP contribution in [0.4, 0.5) is 0 Å². The summed E-state index contributed by atoms with van der Waals surface area (Å²) in [6.07, 6.45) is 8.49. The van der Waals surface area contributed by atoms with Crippen LogP contribution in [-0.4, -0.2) is 40.9 Å². The first-order chi connectivity index (χ1) is 18.1. The van der Waals surface area contributed by atoms with E-state index in [-0.39, 0.29) is 17.9 Å². The van der Waals surface area contributed by atoms with Gasteiger partial charge in [-0.2, -0.15) is 0 Å². The highest BCUT2D eigenvalue weighted by atomic mass is 16.5. The van der Waals surface area contributed by atoms with E-state index in [4.69, 9.17) is 9.47 Å². The van der Waals surface area contributed by atoms with Gasteiger partial charge in [-0.1, -0.05) is 37.1 Å². The molecule has 0 bridgehead atoms. The molecule has 192 valence electrons. The topological polar surface area (TPSA) is 80.8 Å². The van der Waals surface area contributed by atoms with Crippen molar-refractivity contribution in [3.8, 4) is 11.5 Å². The van der Waals surface area contributed by atoms with Crippen molar-refractivity contribution in [3.05, 3.63) is 89.7 Å². The van der Waals surface area contributed by atoms with Crippen LogP contribution in [0.5, 0.6) is 11.5 Å². The summed E-state index contributed by atoms with van der Waals surface area (Å²) >= 11 is 0. The maximum atomic E-state index is 13.5. The Morgan fingerprint density at radius 3 is 2.54 bits per heavy atom. The van der Waals surface area contributed by atoms with Crippen LogP contribution in [-0.2, 0) is 17.9 Å². The second-order valence-corrected chi connectivity index (χ2v) is 9.79. The molecule has 7 heteroatoms. The third kappa shape index (κ3) is 5.61. The monoisotopic (exact) mass is 499 g/mol. The van der Waals surface area contributed by atoms with Gasteiger partial charge < -0.3 is 19.7 Å². The molecule has 1 saturated heterocycles. The zero-order valence-corrected chi connectivity index (χ0v) is 21.1. The summed E-state index contributed by atoms with van der Waals surface area (Å²) in [5, 5.41) is 3.08. The molecule has 1 N–H and O–H groups in total. The van der Waals surface area contributed by atoms with E-state index < -0.39 is 6.04 Å². The number of carbonyl (C=O) groups excluding carboxylic acids is 2. The number of nitrogens with one attached hydrogen (secondary N) is 1. The molecule has 2 heterocycles. The molecule has 1 aliphatic carbocycles. The number of methoxy groups -OCH3 is 1. The summed E-state index contributed by atoms with van der Waals surface area (Å²) < 4.78 is 11.5. The molecule has 0 radical (unpaired) electrons. The van der Waals surface area contributed by atoms with Gasteiger partial charge in [-0.15, -0.1) is 0 Å². The molecular weight excluding hydrogens is 466 g/mol. The van der Waals surface area contributed by atoms with E-state index in [1.165, 1.54) is 0 Å². The Morgan fingerprint density at radius 1 is 0.973 bits per heavy atom. The largest absolute Gasteiger partial charge is 0.493 e. The lowest BCUT2D eigenvalue weighted by molar-refractivity contribution is -0.125. The molecule has 1 aromatic heterocycles. The zero-order valence-electron chi connectivity index (χ0n) is 21.1. The minimum absolute atomic E-state index is 0.0486. The molecule has 7 nitrogen and oxygen atoms in total. The Bertz CT molecular complexity index is 1220. The highest BCUT2D eigenvalue weighted by Crippen LogP contribution is 2.40. The number of carbonyl (C=O) groups is 2. The minimum atomic E-state index is -0.453. The molecule has 5 rings (SSSR count). The van der Waals surface area contributed by atoms with Crippen molar-refractivity contribution in [1.29, 1.82) is 0 Å². The number of nitrogens with zero attached hydrogens (tertiary/aromatic N) is 2. The standard InChI is InChI=1S/C30H33N3O4/c1-36-28-17-22(11-12-27(28)37-20-21-13-15-31-16-14-21)19-32-29(34)26-18-24-9-5-6-10-25(24)33(26)30(35)23-7-3-2-4-8-23/h2-4,7-8,11-17,24-26H,5-6,9-10,18-20H2,1H3,(H,32,34). The van der Waals surface area contributed by atoms with Crippen LogP contribution in [0.15, 0.2) is 73.1 Å². The van der Waals surface area contributed by atoms with Gasteiger partial charge in [0.05, 0.1) is 7.11 Å². The average molecular weight is 500 g/mol. The number of rotatable bonds is 8. The SMILES string of the molecule is COc1cc(CNC(=O)C2CC3CCCCC3N2C(=O)c2ccccc2)ccc1OCc1ccncc1. The molecule has 2 aromatic carbocycles. The van der Waals surface area contributed by atoms with Gasteiger partial charge in [-0.05, 0) is 72.7 Å². The van der Waals surface area contributed by atoms with Crippen LogP contribution in [0.25, 0.3) is 0 Å². The van der Waals surface area contributed by atoms with Crippen molar-refractivity contribution in [2.24, 2.45) is 5.92 Å². The smallest absolute Gasteiger partial charge is 0.254 e. The van der Waals surface area contributed by atoms with Crippen LogP contribution in [0.3, 0.4) is 0 Å². The summed E-state index contributed by atoms with van der Waals surface area (Å²) in [5.41, 5.74) is 2.55. The van der Waals surface area contributed by atoms with Crippen molar-refractivity contribution in [3.63, 3.8) is 0 Å². The van der Waals surface area contributed by atoms with E-state index in [0.717, 1.165) is 43.2 Å². The summed E-state index contributed by atoms with van der Waals surface area (Å²) in [6.45, 7) is 0.753. The van der Waals surface area contributed by atoms with Gasteiger partial charge in [0.15, 0.2) is 11.5 Å². The van der Waals surface area contributed by atoms with E-state index >= 15 is 0 Å². The molecule has 1 saturated carbocycles. The van der Waals surface area contributed by atoms with Crippen molar-refractivity contribution in [2.45, 2.75) is 57.3 Å². The number of fused-ring (bicyclic) bond motifs is 1. The fourth-order valence-electron chi connectivity index (χ4n) is 5.60. The molecule has 3 atom stereocenters. The lowest BCUT2D eigenvalue weighted by Gasteiger charge is -2.33. The minimum Gasteiger partial charge on any atom is -0.493 e. The van der Waals surface area contributed by atoms with E-state index in [1.54, 1.807) is 19.5 Å². The quantitative estimate of drug-likeness (QED) is 0.483. The van der Waals surface area contributed by atoms with Crippen LogP contribution in [0.2, 0.25) is 0 Å². The number of pyridine rings is 1. The molecule has 1 aliphatic heterocycles. The lowest BCUT2D eigenvalue weighted by Crippen LogP contribution is -2.49. The number of likely N-dealkylation sites (tertiary alicyclic amines) is 1. The van der Waals surface area contributed by atoms with Crippen LogP contribution in [0, 0.1) is 5.92 Å². The molecule has 2 amide bonds. The third-order valence-electron chi connectivity index (χ3n) is 7.48. The summed E-state index contributed by atoms with van der Waals surface area (Å²) in [5.74, 6) is 1.47. The highest BCUT2D eigenvalue weighted by molar-refractivity contribution is 5.98. The Balaban J connectivity index is 1.26. The predicted molar refractivity (Wildman–Crippen MR) is 140 cm³/mol. The number of ether oxygens (including phenoxy) is 2. The molecule has 3 aromatic rings. The van der Waals surface area contributed by atoms with Crippen molar-refractivity contribution < 1.29 is 19.1 Å². The zero-order chi connectivity index (χ0) is 25.6. The number of benzene rings is 2. The lowest BCUT2D eigenvalue weighted by atomic mass is 9.84. The van der Waals surface area contributed by atoms with Crippen molar-refractivity contribution in [2.75, 3.05) is 7.11 Å². The second-order valence-electron chi connectivity index (χ2n) is 9.79. The number of amides is 2. The summed E-state index contributed by atoms with van der Waals surface area (Å²) in [6, 6.07) is 18.5. The van der Waals surface area contributed by atoms with Crippen LogP contribution >= 0.6 is 0 Å².